The number of rotatable bonds is 5. The molecule has 2 saturated heterocycles. The van der Waals surface area contributed by atoms with E-state index in [2.05, 4.69) is 15.0 Å². The summed E-state index contributed by atoms with van der Waals surface area (Å²) in [5.41, 5.74) is 0. The van der Waals surface area contributed by atoms with Gasteiger partial charge in [-0.1, -0.05) is 0 Å². The number of hydrogen-bond acceptors (Lipinski definition) is 4. The lowest BCUT2D eigenvalue weighted by molar-refractivity contribution is -0.140. The Hall–Kier alpha value is -0.610. The van der Waals surface area contributed by atoms with Crippen LogP contribution in [0.2, 0.25) is 0 Å². The van der Waals surface area contributed by atoms with Crippen molar-refractivity contribution in [3.8, 4) is 0 Å². The molecular weight excluding hydrogens is 216 g/mol. The fraction of sp³-hybridized carbons (Fsp3) is 0.923. The maximum absolute atomic E-state index is 11.0. The summed E-state index contributed by atoms with van der Waals surface area (Å²) in [7, 11) is 1.46. The van der Waals surface area contributed by atoms with Gasteiger partial charge in [-0.3, -0.25) is 4.79 Å². The highest BCUT2D eigenvalue weighted by Crippen LogP contribution is 2.26. The first kappa shape index (κ1) is 12.8. The van der Waals surface area contributed by atoms with Gasteiger partial charge >= 0.3 is 5.97 Å². The van der Waals surface area contributed by atoms with Crippen molar-refractivity contribution in [1.82, 2.24) is 10.2 Å². The molecule has 98 valence electrons. The number of likely N-dealkylation sites (tertiary alicyclic amines) is 1. The zero-order valence-corrected chi connectivity index (χ0v) is 10.8. The van der Waals surface area contributed by atoms with Gasteiger partial charge in [0.25, 0.3) is 0 Å². The minimum atomic E-state index is -0.0817. The van der Waals surface area contributed by atoms with Crippen LogP contribution in [-0.4, -0.2) is 50.7 Å². The van der Waals surface area contributed by atoms with Gasteiger partial charge in [-0.15, -0.1) is 0 Å². The summed E-state index contributed by atoms with van der Waals surface area (Å²) in [5.74, 6) is 1.70. The molecule has 0 aromatic rings. The van der Waals surface area contributed by atoms with E-state index in [-0.39, 0.29) is 5.97 Å². The molecule has 2 aliphatic rings. The van der Waals surface area contributed by atoms with Crippen molar-refractivity contribution >= 4 is 5.97 Å². The van der Waals surface area contributed by atoms with Gasteiger partial charge in [0.05, 0.1) is 7.11 Å². The SMILES string of the molecule is COC(=O)CCCN1CCC[C@H](C2CNC2)C1. The zero-order chi connectivity index (χ0) is 12.1. The van der Waals surface area contributed by atoms with Gasteiger partial charge in [0.2, 0.25) is 0 Å². The van der Waals surface area contributed by atoms with Crippen LogP contribution in [0.1, 0.15) is 25.7 Å². The molecule has 4 nitrogen and oxygen atoms in total. The molecule has 0 radical (unpaired) electrons. The molecule has 4 heteroatoms. The molecule has 0 amide bonds. The fourth-order valence-corrected chi connectivity index (χ4v) is 2.87. The van der Waals surface area contributed by atoms with Crippen LogP contribution in [0.5, 0.6) is 0 Å². The Labute approximate surface area is 104 Å². The molecule has 17 heavy (non-hydrogen) atoms. The number of carbonyl (C=O) groups excluding carboxylic acids is 1. The van der Waals surface area contributed by atoms with Crippen LogP contribution in [-0.2, 0) is 9.53 Å². The first-order valence-electron chi connectivity index (χ1n) is 6.79. The van der Waals surface area contributed by atoms with E-state index in [1.54, 1.807) is 0 Å². The molecule has 0 aliphatic carbocycles. The van der Waals surface area contributed by atoms with Crippen LogP contribution in [0.4, 0.5) is 0 Å². The maximum Gasteiger partial charge on any atom is 0.305 e. The van der Waals surface area contributed by atoms with Gasteiger partial charge < -0.3 is 15.0 Å². The van der Waals surface area contributed by atoms with E-state index < -0.39 is 0 Å². The van der Waals surface area contributed by atoms with E-state index in [9.17, 15) is 4.79 Å². The highest BCUT2D eigenvalue weighted by atomic mass is 16.5. The summed E-state index contributed by atoms with van der Waals surface area (Å²) in [6, 6.07) is 0. The average Bonchev–Trinajstić information content (AvgIpc) is 2.27. The third kappa shape index (κ3) is 3.68. The molecule has 2 rings (SSSR count). The van der Waals surface area contributed by atoms with Crippen molar-refractivity contribution in [3.63, 3.8) is 0 Å². The highest BCUT2D eigenvalue weighted by molar-refractivity contribution is 5.69. The Kier molecular flexibility index (Phi) is 4.80. The topological polar surface area (TPSA) is 41.6 Å². The van der Waals surface area contributed by atoms with Gasteiger partial charge in [0.1, 0.15) is 0 Å². The second-order valence-corrected chi connectivity index (χ2v) is 5.30. The van der Waals surface area contributed by atoms with Crippen LogP contribution >= 0.6 is 0 Å². The lowest BCUT2D eigenvalue weighted by Crippen LogP contribution is -2.51. The van der Waals surface area contributed by atoms with E-state index >= 15 is 0 Å². The van der Waals surface area contributed by atoms with E-state index in [4.69, 9.17) is 0 Å². The van der Waals surface area contributed by atoms with Gasteiger partial charge in [-0.05, 0) is 57.3 Å². The van der Waals surface area contributed by atoms with Crippen LogP contribution < -0.4 is 5.32 Å². The summed E-state index contributed by atoms with van der Waals surface area (Å²) in [6.07, 6.45) is 4.20. The van der Waals surface area contributed by atoms with E-state index in [0.717, 1.165) is 24.8 Å². The van der Waals surface area contributed by atoms with Crippen LogP contribution in [0, 0.1) is 11.8 Å². The lowest BCUT2D eigenvalue weighted by atomic mass is 9.82. The van der Waals surface area contributed by atoms with Crippen molar-refractivity contribution in [2.45, 2.75) is 25.7 Å². The largest absolute Gasteiger partial charge is 0.469 e. The Morgan fingerprint density at radius 1 is 1.41 bits per heavy atom. The number of hydrogen-bond donors (Lipinski definition) is 1. The summed E-state index contributed by atoms with van der Waals surface area (Å²) in [5, 5.41) is 3.36. The second kappa shape index (κ2) is 6.36. The van der Waals surface area contributed by atoms with Crippen LogP contribution in [0.25, 0.3) is 0 Å². The van der Waals surface area contributed by atoms with Gasteiger partial charge in [-0.25, -0.2) is 0 Å². The first-order chi connectivity index (χ1) is 8.29. The summed E-state index contributed by atoms with van der Waals surface area (Å²) in [4.78, 5) is 13.6. The van der Waals surface area contributed by atoms with Crippen molar-refractivity contribution < 1.29 is 9.53 Å². The maximum atomic E-state index is 11.0. The Balaban J connectivity index is 1.64. The molecule has 0 saturated carbocycles. The standard InChI is InChI=1S/C13H24N2O2/c1-17-13(16)5-3-7-15-6-2-4-11(10-15)12-8-14-9-12/h11-12,14H,2-10H2,1H3/t11-/m0/s1. The molecule has 0 bridgehead atoms. The summed E-state index contributed by atoms with van der Waals surface area (Å²) in [6.45, 7) is 5.90. The molecule has 2 heterocycles. The molecular formula is C13H24N2O2. The lowest BCUT2D eigenvalue weighted by Gasteiger charge is -2.41. The van der Waals surface area contributed by atoms with Gasteiger partial charge in [0, 0.05) is 13.0 Å². The fourth-order valence-electron chi connectivity index (χ4n) is 2.87. The van der Waals surface area contributed by atoms with E-state index in [1.807, 2.05) is 0 Å². The number of ether oxygens (including phenoxy) is 1. The molecule has 0 aromatic heterocycles. The highest BCUT2D eigenvalue weighted by Gasteiger charge is 2.30. The summed E-state index contributed by atoms with van der Waals surface area (Å²) >= 11 is 0. The number of nitrogens with one attached hydrogen (secondary N) is 1. The zero-order valence-electron chi connectivity index (χ0n) is 10.8. The predicted octanol–water partition coefficient (Wildman–Crippen LogP) is 0.871. The first-order valence-corrected chi connectivity index (χ1v) is 6.79. The van der Waals surface area contributed by atoms with Crippen LogP contribution in [0.3, 0.4) is 0 Å². The molecule has 1 atom stereocenters. The minimum absolute atomic E-state index is 0.0817. The van der Waals surface area contributed by atoms with E-state index in [1.165, 1.54) is 46.1 Å². The number of esters is 1. The monoisotopic (exact) mass is 240 g/mol. The third-order valence-corrected chi connectivity index (χ3v) is 4.10. The molecule has 0 unspecified atom stereocenters. The molecule has 2 fully saturated rings. The predicted molar refractivity (Wildman–Crippen MR) is 66.8 cm³/mol. The number of carbonyl (C=O) groups is 1. The number of nitrogens with zero attached hydrogens (tertiary/aromatic N) is 1. The molecule has 0 aromatic carbocycles. The van der Waals surface area contributed by atoms with Crippen molar-refractivity contribution in [2.24, 2.45) is 11.8 Å². The average molecular weight is 240 g/mol. The third-order valence-electron chi connectivity index (χ3n) is 4.10. The van der Waals surface area contributed by atoms with Crippen molar-refractivity contribution in [1.29, 1.82) is 0 Å². The van der Waals surface area contributed by atoms with Crippen molar-refractivity contribution in [3.05, 3.63) is 0 Å². The van der Waals surface area contributed by atoms with Gasteiger partial charge in [-0.2, -0.15) is 0 Å². The summed E-state index contributed by atoms with van der Waals surface area (Å²) < 4.78 is 4.66. The van der Waals surface area contributed by atoms with Gasteiger partial charge in [0.15, 0.2) is 0 Å². The van der Waals surface area contributed by atoms with Crippen molar-refractivity contribution in [2.75, 3.05) is 39.8 Å². The van der Waals surface area contributed by atoms with Crippen LogP contribution in [0.15, 0.2) is 0 Å². The Morgan fingerprint density at radius 2 is 2.24 bits per heavy atom. The molecule has 0 spiro atoms. The quantitative estimate of drug-likeness (QED) is 0.724. The second-order valence-electron chi connectivity index (χ2n) is 5.30. The normalized spacial score (nSPS) is 26.5. The minimum Gasteiger partial charge on any atom is -0.469 e. The number of methoxy groups -OCH3 is 1. The Bertz CT molecular complexity index is 254. The smallest absolute Gasteiger partial charge is 0.305 e. The molecule has 1 N–H and O–H groups in total. The van der Waals surface area contributed by atoms with E-state index in [0.29, 0.717) is 6.42 Å². The Morgan fingerprint density at radius 3 is 2.88 bits per heavy atom. The molecule has 2 aliphatic heterocycles. The number of piperidine rings is 1.